The van der Waals surface area contributed by atoms with Crippen LogP contribution < -0.4 is 16.8 Å². The summed E-state index contributed by atoms with van der Waals surface area (Å²) in [4.78, 5) is 15.3. The Morgan fingerprint density at radius 2 is 2.05 bits per heavy atom. The first-order valence-electron chi connectivity index (χ1n) is 6.01. The van der Waals surface area contributed by atoms with Gasteiger partial charge in [0.2, 0.25) is 5.91 Å². The average Bonchev–Trinajstić information content (AvgIpc) is 2.37. The molecule has 19 heavy (non-hydrogen) atoms. The summed E-state index contributed by atoms with van der Waals surface area (Å²) >= 11 is 0.925. The van der Waals surface area contributed by atoms with E-state index in [9.17, 15) is 10.1 Å². The number of amides is 1. The molecule has 0 aromatic carbocycles. The summed E-state index contributed by atoms with van der Waals surface area (Å²) in [5.74, 6) is -0.457. The van der Waals surface area contributed by atoms with Crippen molar-refractivity contribution >= 4 is 28.8 Å². The van der Waals surface area contributed by atoms with Crippen LogP contribution in [0.2, 0.25) is 0 Å². The molecular formula is C11H18N6OS. The van der Waals surface area contributed by atoms with Gasteiger partial charge < -0.3 is 16.8 Å². The molecule has 1 saturated carbocycles. The van der Waals surface area contributed by atoms with Gasteiger partial charge in [-0.3, -0.25) is 10.2 Å². The Morgan fingerprint density at radius 1 is 1.42 bits per heavy atom. The van der Waals surface area contributed by atoms with Crippen LogP contribution in [0.25, 0.3) is 0 Å². The Kier molecular flexibility index (Phi) is 5.63. The van der Waals surface area contributed by atoms with Crippen molar-refractivity contribution in [3.05, 3.63) is 0 Å². The summed E-state index contributed by atoms with van der Waals surface area (Å²) in [7, 11) is 0. The molecule has 1 rings (SSSR count). The number of nitriles is 1. The fraction of sp³-hybridized carbons (Fsp3) is 0.636. The lowest BCUT2D eigenvalue weighted by molar-refractivity contribution is -0.120. The minimum absolute atomic E-state index is 0.0268. The van der Waals surface area contributed by atoms with Crippen molar-refractivity contribution in [3.8, 4) is 6.07 Å². The molecule has 1 aliphatic rings. The van der Waals surface area contributed by atoms with Crippen LogP contribution in [-0.4, -0.2) is 28.3 Å². The molecule has 1 aliphatic carbocycles. The second kappa shape index (κ2) is 6.99. The summed E-state index contributed by atoms with van der Waals surface area (Å²) in [5.41, 5.74) is 9.50. The molecule has 8 heteroatoms. The van der Waals surface area contributed by atoms with Crippen molar-refractivity contribution in [3.63, 3.8) is 0 Å². The van der Waals surface area contributed by atoms with E-state index in [0.717, 1.165) is 31.0 Å². The number of nitrogens with two attached hydrogens (primary N) is 2. The van der Waals surface area contributed by atoms with Crippen LogP contribution in [0.4, 0.5) is 0 Å². The predicted molar refractivity (Wildman–Crippen MR) is 75.6 cm³/mol. The number of carbonyl (C=O) groups is 1. The molecule has 1 fully saturated rings. The molecule has 0 aromatic rings. The van der Waals surface area contributed by atoms with E-state index >= 15 is 0 Å². The quantitative estimate of drug-likeness (QED) is 0.434. The minimum atomic E-state index is -0.742. The van der Waals surface area contributed by atoms with Gasteiger partial charge in [0.1, 0.15) is 5.54 Å². The van der Waals surface area contributed by atoms with Gasteiger partial charge in [-0.1, -0.05) is 31.0 Å². The monoisotopic (exact) mass is 282 g/mol. The van der Waals surface area contributed by atoms with Gasteiger partial charge in [0.15, 0.2) is 11.1 Å². The van der Waals surface area contributed by atoms with E-state index in [1.165, 1.54) is 0 Å². The number of hydrogen-bond donors (Lipinski definition) is 4. The maximum absolute atomic E-state index is 11.8. The molecule has 0 unspecified atom stereocenters. The van der Waals surface area contributed by atoms with Crippen LogP contribution >= 0.6 is 11.8 Å². The largest absolute Gasteiger partial charge is 0.370 e. The topological polar surface area (TPSA) is 141 Å². The maximum atomic E-state index is 11.8. The zero-order chi connectivity index (χ0) is 14.3. The molecule has 104 valence electrons. The Hall–Kier alpha value is -1.75. The third kappa shape index (κ3) is 5.18. The first-order chi connectivity index (χ1) is 8.97. The van der Waals surface area contributed by atoms with Crippen molar-refractivity contribution in [1.29, 1.82) is 10.7 Å². The molecule has 0 aliphatic heterocycles. The Bertz CT molecular complexity index is 417. The lowest BCUT2D eigenvalue weighted by atomic mass is 9.83. The highest BCUT2D eigenvalue weighted by Gasteiger charge is 2.33. The highest BCUT2D eigenvalue weighted by Crippen LogP contribution is 2.27. The summed E-state index contributed by atoms with van der Waals surface area (Å²) in [6, 6.07) is 2.21. The number of aliphatic imine (C=N–C) groups is 1. The standard InChI is InChI=1S/C11H18N6OS/c12-7-11(4-2-1-3-5-11)17-8(18)6-19-10(15)16-9(13)14/h1-6H2,(H,17,18)(H5,13,14,15,16). The van der Waals surface area contributed by atoms with Crippen LogP contribution in [0.15, 0.2) is 4.99 Å². The molecule has 7 nitrogen and oxygen atoms in total. The van der Waals surface area contributed by atoms with Crippen LogP contribution in [-0.2, 0) is 4.79 Å². The van der Waals surface area contributed by atoms with Crippen LogP contribution in [0.1, 0.15) is 32.1 Å². The number of nitrogens with one attached hydrogen (secondary N) is 2. The third-order valence-corrected chi connectivity index (χ3v) is 3.64. The molecule has 0 heterocycles. The molecule has 0 saturated heterocycles. The average molecular weight is 282 g/mol. The number of carbonyl (C=O) groups excluding carboxylic acids is 1. The highest BCUT2D eigenvalue weighted by molar-refractivity contribution is 8.14. The van der Waals surface area contributed by atoms with E-state index in [-0.39, 0.29) is 22.8 Å². The molecule has 1 amide bonds. The lowest BCUT2D eigenvalue weighted by Gasteiger charge is -2.31. The molecule has 0 radical (unpaired) electrons. The van der Waals surface area contributed by atoms with Gasteiger partial charge in [0, 0.05) is 0 Å². The summed E-state index contributed by atoms with van der Waals surface area (Å²) in [5, 5.41) is 19.3. The number of hydrogen-bond acceptors (Lipinski definition) is 4. The highest BCUT2D eigenvalue weighted by atomic mass is 32.2. The maximum Gasteiger partial charge on any atom is 0.231 e. The molecule has 0 aromatic heterocycles. The summed E-state index contributed by atoms with van der Waals surface area (Å²) < 4.78 is 0. The fourth-order valence-corrected chi connectivity index (χ4v) is 2.52. The van der Waals surface area contributed by atoms with E-state index in [4.69, 9.17) is 16.9 Å². The smallest absolute Gasteiger partial charge is 0.231 e. The predicted octanol–water partition coefficient (Wildman–Crippen LogP) is 0.270. The zero-order valence-electron chi connectivity index (χ0n) is 10.6. The number of thioether (sulfide) groups is 1. The molecular weight excluding hydrogens is 264 g/mol. The van der Waals surface area contributed by atoms with Gasteiger partial charge in [-0.2, -0.15) is 10.3 Å². The van der Waals surface area contributed by atoms with Gasteiger partial charge in [-0.15, -0.1) is 0 Å². The second-order valence-electron chi connectivity index (χ2n) is 4.43. The second-order valence-corrected chi connectivity index (χ2v) is 5.40. The Labute approximate surface area is 116 Å². The van der Waals surface area contributed by atoms with Gasteiger partial charge >= 0.3 is 0 Å². The first kappa shape index (κ1) is 15.3. The van der Waals surface area contributed by atoms with E-state index in [2.05, 4.69) is 16.4 Å². The minimum Gasteiger partial charge on any atom is -0.370 e. The number of guanidine groups is 1. The van der Waals surface area contributed by atoms with Gasteiger partial charge in [0.05, 0.1) is 11.8 Å². The molecule has 6 N–H and O–H groups in total. The van der Waals surface area contributed by atoms with E-state index in [1.54, 1.807) is 0 Å². The lowest BCUT2D eigenvalue weighted by Crippen LogP contribution is -2.49. The van der Waals surface area contributed by atoms with Crippen molar-refractivity contribution < 1.29 is 4.79 Å². The zero-order valence-corrected chi connectivity index (χ0v) is 11.4. The van der Waals surface area contributed by atoms with Crippen LogP contribution in [0.5, 0.6) is 0 Å². The van der Waals surface area contributed by atoms with Crippen LogP contribution in [0, 0.1) is 16.7 Å². The SMILES string of the molecule is N#CC1(NC(=O)CSC(=N)N=C(N)N)CCCCC1. The van der Waals surface area contributed by atoms with E-state index in [0.29, 0.717) is 12.8 Å². The molecule has 0 atom stereocenters. The van der Waals surface area contributed by atoms with Gasteiger partial charge in [-0.05, 0) is 12.8 Å². The van der Waals surface area contributed by atoms with Crippen molar-refractivity contribution in [2.75, 3.05) is 5.75 Å². The van der Waals surface area contributed by atoms with Gasteiger partial charge in [0.25, 0.3) is 0 Å². The van der Waals surface area contributed by atoms with Gasteiger partial charge in [-0.25, -0.2) is 0 Å². The number of rotatable bonds is 3. The summed E-state index contributed by atoms with van der Waals surface area (Å²) in [6.07, 6.45) is 4.37. The van der Waals surface area contributed by atoms with Crippen LogP contribution in [0.3, 0.4) is 0 Å². The molecule has 0 bridgehead atoms. The third-order valence-electron chi connectivity index (χ3n) is 2.87. The number of nitrogens with zero attached hydrogens (tertiary/aromatic N) is 2. The Morgan fingerprint density at radius 3 is 2.58 bits per heavy atom. The van der Waals surface area contributed by atoms with Crippen molar-refractivity contribution in [1.82, 2.24) is 5.32 Å². The molecule has 0 spiro atoms. The summed E-state index contributed by atoms with van der Waals surface area (Å²) in [6.45, 7) is 0. The van der Waals surface area contributed by atoms with E-state index in [1.807, 2.05) is 0 Å². The Balaban J connectivity index is 2.44. The van der Waals surface area contributed by atoms with Crippen molar-refractivity contribution in [2.24, 2.45) is 16.5 Å². The first-order valence-corrected chi connectivity index (χ1v) is 6.99. The number of amidine groups is 1. The normalized spacial score (nSPS) is 17.0. The van der Waals surface area contributed by atoms with E-state index < -0.39 is 5.54 Å². The fourth-order valence-electron chi connectivity index (χ4n) is 2.01. The van der Waals surface area contributed by atoms with Crippen molar-refractivity contribution in [2.45, 2.75) is 37.6 Å².